The van der Waals surface area contributed by atoms with Crippen molar-refractivity contribution in [3.8, 4) is 0 Å². The second-order valence-electron chi connectivity index (χ2n) is 4.29. The summed E-state index contributed by atoms with van der Waals surface area (Å²) in [4.78, 5) is 23.5. The van der Waals surface area contributed by atoms with Gasteiger partial charge in [-0.15, -0.1) is 0 Å². The SMILES string of the molecule is O=C(Cc1ccccc1)NNC(=O)c1ccc(F)cc1Br. The Balaban J connectivity index is 1.90. The number of rotatable bonds is 3. The molecule has 0 aromatic heterocycles. The maximum atomic E-state index is 12.9. The van der Waals surface area contributed by atoms with Crippen LogP contribution in [-0.4, -0.2) is 11.8 Å². The van der Waals surface area contributed by atoms with Crippen molar-refractivity contribution in [1.29, 1.82) is 0 Å². The second-order valence-corrected chi connectivity index (χ2v) is 5.14. The van der Waals surface area contributed by atoms with E-state index in [2.05, 4.69) is 26.8 Å². The van der Waals surface area contributed by atoms with Crippen LogP contribution in [0.25, 0.3) is 0 Å². The van der Waals surface area contributed by atoms with Gasteiger partial charge in [0.05, 0.1) is 12.0 Å². The van der Waals surface area contributed by atoms with Crippen molar-refractivity contribution in [3.63, 3.8) is 0 Å². The lowest BCUT2D eigenvalue weighted by Crippen LogP contribution is -2.42. The van der Waals surface area contributed by atoms with Gasteiger partial charge >= 0.3 is 0 Å². The Morgan fingerprint density at radius 2 is 1.76 bits per heavy atom. The molecule has 4 nitrogen and oxygen atoms in total. The predicted molar refractivity (Wildman–Crippen MR) is 79.9 cm³/mol. The summed E-state index contributed by atoms with van der Waals surface area (Å²) in [6, 6.07) is 12.8. The first-order valence-electron chi connectivity index (χ1n) is 6.14. The lowest BCUT2D eigenvalue weighted by atomic mass is 10.1. The molecule has 0 saturated carbocycles. The number of nitrogens with one attached hydrogen (secondary N) is 2. The molecular weight excluding hydrogens is 339 g/mol. The normalized spacial score (nSPS) is 10.0. The highest BCUT2D eigenvalue weighted by atomic mass is 79.9. The van der Waals surface area contributed by atoms with Crippen LogP contribution in [0.4, 0.5) is 4.39 Å². The van der Waals surface area contributed by atoms with Gasteiger partial charge in [-0.2, -0.15) is 0 Å². The number of carbonyl (C=O) groups is 2. The Hall–Kier alpha value is -2.21. The fourth-order valence-electron chi connectivity index (χ4n) is 1.69. The fraction of sp³-hybridized carbons (Fsp3) is 0.0667. The molecule has 2 N–H and O–H groups in total. The molecule has 0 fully saturated rings. The minimum absolute atomic E-state index is 0.158. The molecule has 0 aliphatic rings. The van der Waals surface area contributed by atoms with Gasteiger partial charge < -0.3 is 0 Å². The molecule has 108 valence electrons. The summed E-state index contributed by atoms with van der Waals surface area (Å²) in [5, 5.41) is 0. The van der Waals surface area contributed by atoms with Crippen molar-refractivity contribution >= 4 is 27.7 Å². The van der Waals surface area contributed by atoms with Crippen molar-refractivity contribution in [2.45, 2.75) is 6.42 Å². The number of hydrazine groups is 1. The van der Waals surface area contributed by atoms with Crippen LogP contribution in [-0.2, 0) is 11.2 Å². The third kappa shape index (κ3) is 4.39. The van der Waals surface area contributed by atoms with Crippen LogP contribution in [0.15, 0.2) is 53.0 Å². The summed E-state index contributed by atoms with van der Waals surface area (Å²) in [6.07, 6.45) is 0.158. The van der Waals surface area contributed by atoms with Crippen LogP contribution >= 0.6 is 15.9 Å². The average molecular weight is 351 g/mol. The number of benzene rings is 2. The van der Waals surface area contributed by atoms with Crippen LogP contribution in [0, 0.1) is 5.82 Å². The maximum Gasteiger partial charge on any atom is 0.270 e. The zero-order valence-electron chi connectivity index (χ0n) is 10.9. The molecule has 2 amide bonds. The summed E-state index contributed by atoms with van der Waals surface area (Å²) >= 11 is 3.09. The number of carbonyl (C=O) groups excluding carboxylic acids is 2. The molecule has 0 heterocycles. The van der Waals surface area contributed by atoms with E-state index in [1.165, 1.54) is 18.2 Å². The third-order valence-corrected chi connectivity index (χ3v) is 3.35. The predicted octanol–water partition coefficient (Wildman–Crippen LogP) is 2.59. The van der Waals surface area contributed by atoms with Crippen LogP contribution < -0.4 is 10.9 Å². The molecule has 2 rings (SSSR count). The van der Waals surface area contributed by atoms with E-state index in [9.17, 15) is 14.0 Å². The monoisotopic (exact) mass is 350 g/mol. The number of hydrogen-bond acceptors (Lipinski definition) is 2. The molecule has 0 aliphatic heterocycles. The van der Waals surface area contributed by atoms with Gasteiger partial charge in [0.1, 0.15) is 5.82 Å². The smallest absolute Gasteiger partial charge is 0.270 e. The van der Waals surface area contributed by atoms with Gasteiger partial charge in [0.2, 0.25) is 5.91 Å². The molecule has 0 bridgehead atoms. The second kappa shape index (κ2) is 6.99. The summed E-state index contributed by atoms with van der Waals surface area (Å²) in [7, 11) is 0. The fourth-order valence-corrected chi connectivity index (χ4v) is 2.22. The Bertz CT molecular complexity index is 662. The first kappa shape index (κ1) is 15.2. The Kier molecular flexibility index (Phi) is 5.05. The van der Waals surface area contributed by atoms with Crippen molar-refractivity contribution < 1.29 is 14.0 Å². The molecule has 21 heavy (non-hydrogen) atoms. The number of halogens is 2. The zero-order valence-corrected chi connectivity index (χ0v) is 12.5. The Labute approximate surface area is 129 Å². The van der Waals surface area contributed by atoms with Crippen molar-refractivity contribution in [1.82, 2.24) is 10.9 Å². The topological polar surface area (TPSA) is 58.2 Å². The van der Waals surface area contributed by atoms with E-state index in [1.807, 2.05) is 30.3 Å². The highest BCUT2D eigenvalue weighted by Gasteiger charge is 2.11. The molecule has 2 aromatic rings. The van der Waals surface area contributed by atoms with Crippen molar-refractivity contribution in [3.05, 3.63) is 69.9 Å². The van der Waals surface area contributed by atoms with Gasteiger partial charge in [-0.1, -0.05) is 30.3 Å². The molecular formula is C15H12BrFN2O2. The lowest BCUT2D eigenvalue weighted by Gasteiger charge is -2.08. The number of amides is 2. The van der Waals surface area contributed by atoms with E-state index in [1.54, 1.807) is 0 Å². The van der Waals surface area contributed by atoms with Gasteiger partial charge in [-0.25, -0.2) is 4.39 Å². The van der Waals surface area contributed by atoms with Gasteiger partial charge in [-0.3, -0.25) is 20.4 Å². The summed E-state index contributed by atoms with van der Waals surface area (Å²) < 4.78 is 13.3. The van der Waals surface area contributed by atoms with Gasteiger partial charge in [-0.05, 0) is 39.7 Å². The Morgan fingerprint density at radius 3 is 2.43 bits per heavy atom. The first-order valence-corrected chi connectivity index (χ1v) is 6.94. The summed E-state index contributed by atoms with van der Waals surface area (Å²) in [5.74, 6) is -1.32. The maximum absolute atomic E-state index is 12.9. The minimum atomic E-state index is -0.525. The zero-order chi connectivity index (χ0) is 15.2. The van der Waals surface area contributed by atoms with E-state index in [0.29, 0.717) is 4.47 Å². The van der Waals surface area contributed by atoms with Crippen LogP contribution in [0.5, 0.6) is 0 Å². The van der Waals surface area contributed by atoms with Crippen LogP contribution in [0.1, 0.15) is 15.9 Å². The van der Waals surface area contributed by atoms with E-state index >= 15 is 0 Å². The standard InChI is InChI=1S/C15H12BrFN2O2/c16-13-9-11(17)6-7-12(13)15(21)19-18-14(20)8-10-4-2-1-3-5-10/h1-7,9H,8H2,(H,18,20)(H,19,21). The molecule has 0 saturated heterocycles. The lowest BCUT2D eigenvalue weighted by molar-refractivity contribution is -0.121. The molecule has 0 unspecified atom stereocenters. The van der Waals surface area contributed by atoms with E-state index in [-0.39, 0.29) is 17.9 Å². The number of hydrogen-bond donors (Lipinski definition) is 2. The summed E-state index contributed by atoms with van der Waals surface area (Å²) in [6.45, 7) is 0. The largest absolute Gasteiger partial charge is 0.273 e. The molecule has 0 atom stereocenters. The Morgan fingerprint density at radius 1 is 1.05 bits per heavy atom. The van der Waals surface area contributed by atoms with E-state index < -0.39 is 11.7 Å². The van der Waals surface area contributed by atoms with E-state index in [0.717, 1.165) is 5.56 Å². The quantitative estimate of drug-likeness (QED) is 0.836. The molecule has 0 spiro atoms. The van der Waals surface area contributed by atoms with Crippen LogP contribution in [0.2, 0.25) is 0 Å². The molecule has 2 aromatic carbocycles. The third-order valence-electron chi connectivity index (χ3n) is 2.70. The summed E-state index contributed by atoms with van der Waals surface area (Å²) in [5.41, 5.74) is 5.68. The van der Waals surface area contributed by atoms with Crippen LogP contribution in [0.3, 0.4) is 0 Å². The highest BCUT2D eigenvalue weighted by molar-refractivity contribution is 9.10. The first-order chi connectivity index (χ1) is 10.1. The van der Waals surface area contributed by atoms with Gasteiger partial charge in [0.25, 0.3) is 5.91 Å². The van der Waals surface area contributed by atoms with E-state index in [4.69, 9.17) is 0 Å². The average Bonchev–Trinajstić information content (AvgIpc) is 2.46. The molecule has 6 heteroatoms. The van der Waals surface area contributed by atoms with Crippen molar-refractivity contribution in [2.24, 2.45) is 0 Å². The molecule has 0 aliphatic carbocycles. The molecule has 0 radical (unpaired) electrons. The van der Waals surface area contributed by atoms with Crippen molar-refractivity contribution in [2.75, 3.05) is 0 Å². The minimum Gasteiger partial charge on any atom is -0.273 e. The van der Waals surface area contributed by atoms with Gasteiger partial charge in [0, 0.05) is 4.47 Å². The van der Waals surface area contributed by atoms with Gasteiger partial charge in [0.15, 0.2) is 0 Å². The highest BCUT2D eigenvalue weighted by Crippen LogP contribution is 2.17.